The normalized spacial score (nSPS) is 19.7. The number of carbonyl (C=O) groups is 2. The summed E-state index contributed by atoms with van der Waals surface area (Å²) < 4.78 is 43.7. The Balaban J connectivity index is 0.000000406. The molecule has 2 aromatic rings. The molecule has 0 saturated carbocycles. The van der Waals surface area contributed by atoms with E-state index in [1.54, 1.807) is 19.0 Å². The van der Waals surface area contributed by atoms with Crippen LogP contribution in [0.5, 0.6) is 0 Å². The van der Waals surface area contributed by atoms with Gasteiger partial charge in [0.15, 0.2) is 0 Å². The first-order valence-corrected chi connectivity index (χ1v) is 10.9. The highest BCUT2D eigenvalue weighted by Crippen LogP contribution is 2.36. The smallest absolute Gasteiger partial charge is 0.475 e. The fourth-order valence-corrected chi connectivity index (χ4v) is 4.22. The Morgan fingerprint density at radius 1 is 1.18 bits per heavy atom. The third-order valence-corrected chi connectivity index (χ3v) is 5.93. The molecule has 7 nitrogen and oxygen atoms in total. The lowest BCUT2D eigenvalue weighted by molar-refractivity contribution is -0.199. The fraction of sp³-hybridized carbons (Fsp3) is 0.500. The predicted molar refractivity (Wildman–Crippen MR) is 119 cm³/mol. The van der Waals surface area contributed by atoms with Gasteiger partial charge in [-0.3, -0.25) is 9.69 Å². The minimum atomic E-state index is -5.08. The van der Waals surface area contributed by atoms with Crippen LogP contribution in [0.4, 0.5) is 13.2 Å². The summed E-state index contributed by atoms with van der Waals surface area (Å²) in [6, 6.07) is 15.1. The number of halogens is 3. The van der Waals surface area contributed by atoms with Crippen molar-refractivity contribution >= 4 is 22.6 Å². The van der Waals surface area contributed by atoms with E-state index >= 15 is 0 Å². The van der Waals surface area contributed by atoms with Crippen LogP contribution in [0.15, 0.2) is 42.5 Å². The number of carboxylic acid groups (broad SMARTS) is 1. The molecule has 34 heavy (non-hydrogen) atoms. The zero-order valence-electron chi connectivity index (χ0n) is 19.2. The van der Waals surface area contributed by atoms with Gasteiger partial charge < -0.3 is 19.5 Å². The highest BCUT2D eigenvalue weighted by atomic mass is 19.4. The second kappa shape index (κ2) is 10.7. The molecule has 2 aliphatic rings. The van der Waals surface area contributed by atoms with E-state index in [1.165, 1.54) is 16.3 Å². The largest absolute Gasteiger partial charge is 0.490 e. The summed E-state index contributed by atoms with van der Waals surface area (Å²) in [5, 5.41) is 9.74. The summed E-state index contributed by atoms with van der Waals surface area (Å²) in [6.07, 6.45) is -3.23. The van der Waals surface area contributed by atoms with E-state index < -0.39 is 12.1 Å². The number of likely N-dealkylation sites (N-methyl/N-ethyl adjacent to an activating group) is 1. The highest BCUT2D eigenvalue weighted by molar-refractivity contribution is 5.85. The number of hydrogen-bond acceptors (Lipinski definition) is 5. The van der Waals surface area contributed by atoms with Crippen LogP contribution in [-0.4, -0.2) is 85.1 Å². The maximum atomic E-state index is 11.8. The van der Waals surface area contributed by atoms with Crippen LogP contribution >= 0.6 is 0 Å². The van der Waals surface area contributed by atoms with Gasteiger partial charge in [0.05, 0.1) is 11.7 Å². The zero-order valence-corrected chi connectivity index (χ0v) is 19.2. The van der Waals surface area contributed by atoms with Gasteiger partial charge in [-0.05, 0) is 22.8 Å². The van der Waals surface area contributed by atoms with E-state index in [9.17, 15) is 18.0 Å². The topological polar surface area (TPSA) is 79.3 Å². The van der Waals surface area contributed by atoms with Gasteiger partial charge in [-0.25, -0.2) is 4.79 Å². The first-order chi connectivity index (χ1) is 16.0. The number of benzene rings is 2. The van der Waals surface area contributed by atoms with Crippen molar-refractivity contribution in [1.82, 2.24) is 9.80 Å². The number of rotatable bonds is 5. The lowest BCUT2D eigenvalue weighted by Crippen LogP contribution is -2.65. The van der Waals surface area contributed by atoms with Crippen LogP contribution in [0.2, 0.25) is 0 Å². The molecule has 1 unspecified atom stereocenters. The average molecular weight is 482 g/mol. The van der Waals surface area contributed by atoms with Crippen molar-refractivity contribution in [2.45, 2.75) is 37.3 Å². The predicted octanol–water partition coefficient (Wildman–Crippen LogP) is 3.31. The molecule has 1 N–H and O–H groups in total. The van der Waals surface area contributed by atoms with Crippen molar-refractivity contribution in [3.63, 3.8) is 0 Å². The molecule has 2 aliphatic heterocycles. The summed E-state index contributed by atoms with van der Waals surface area (Å²) in [4.78, 5) is 24.7. The molecular weight excluding hydrogens is 453 g/mol. The minimum Gasteiger partial charge on any atom is -0.475 e. The van der Waals surface area contributed by atoms with Gasteiger partial charge in [0.2, 0.25) is 5.91 Å². The van der Waals surface area contributed by atoms with E-state index in [-0.39, 0.29) is 24.2 Å². The number of carbonyl (C=O) groups excluding carboxylic acids is 1. The molecule has 1 amide bonds. The number of carboxylic acids is 1. The van der Waals surface area contributed by atoms with Gasteiger partial charge in [0.25, 0.3) is 0 Å². The number of fused-ring (bicyclic) bond motifs is 1. The molecule has 2 fully saturated rings. The first kappa shape index (κ1) is 25.9. The Bertz CT molecular complexity index is 1000. The standard InChI is InChI=1S/C22H28N2O3.C2HF3O2/c1-23(2)21(25)14-26-19-10-11-27-22(12-19)15-24(16-22)13-18-8-5-7-17-6-3-4-9-20(17)18;3-2(4,5)1(6)7/h3-9,19H,10-16H2,1-2H3;(H,6,7). The molecule has 1 atom stereocenters. The van der Waals surface area contributed by atoms with Crippen LogP contribution in [0.25, 0.3) is 10.8 Å². The molecule has 0 aromatic heterocycles. The third-order valence-electron chi connectivity index (χ3n) is 5.93. The van der Waals surface area contributed by atoms with E-state index in [2.05, 4.69) is 47.4 Å². The lowest BCUT2D eigenvalue weighted by atomic mass is 9.84. The van der Waals surface area contributed by atoms with E-state index in [4.69, 9.17) is 19.4 Å². The number of alkyl halides is 3. The molecule has 2 aromatic carbocycles. The molecule has 186 valence electrons. The van der Waals surface area contributed by atoms with Crippen molar-refractivity contribution in [2.24, 2.45) is 0 Å². The van der Waals surface area contributed by atoms with Gasteiger partial charge >= 0.3 is 12.1 Å². The van der Waals surface area contributed by atoms with Crippen LogP contribution < -0.4 is 0 Å². The quantitative estimate of drug-likeness (QED) is 0.705. The Morgan fingerprint density at radius 3 is 2.47 bits per heavy atom. The SMILES string of the molecule is CN(C)C(=O)COC1CCOC2(C1)CN(Cc1cccc3ccccc13)C2.O=C(O)C(F)(F)F. The molecule has 1 spiro atoms. The molecular formula is C24H29F3N2O5. The van der Waals surface area contributed by atoms with Crippen LogP contribution in [0, 0.1) is 0 Å². The van der Waals surface area contributed by atoms with Crippen LogP contribution in [0.3, 0.4) is 0 Å². The molecule has 2 saturated heterocycles. The number of hydrogen-bond donors (Lipinski definition) is 1. The summed E-state index contributed by atoms with van der Waals surface area (Å²) in [7, 11) is 3.52. The van der Waals surface area contributed by atoms with Gasteiger partial charge in [0, 0.05) is 46.8 Å². The molecule has 10 heteroatoms. The van der Waals surface area contributed by atoms with E-state index in [0.29, 0.717) is 6.61 Å². The number of nitrogens with zero attached hydrogens (tertiary/aromatic N) is 2. The first-order valence-electron chi connectivity index (χ1n) is 10.9. The van der Waals surface area contributed by atoms with Gasteiger partial charge in [0.1, 0.15) is 6.61 Å². The molecule has 0 aliphatic carbocycles. The number of ether oxygens (including phenoxy) is 2. The Kier molecular flexibility index (Phi) is 8.17. The zero-order chi connectivity index (χ0) is 24.9. The summed E-state index contributed by atoms with van der Waals surface area (Å²) >= 11 is 0. The maximum absolute atomic E-state index is 11.8. The third kappa shape index (κ3) is 6.68. The van der Waals surface area contributed by atoms with Gasteiger partial charge in [-0.1, -0.05) is 42.5 Å². The lowest BCUT2D eigenvalue weighted by Gasteiger charge is -2.53. The molecule has 4 rings (SSSR count). The molecule has 2 heterocycles. The number of likely N-dealkylation sites (tertiary alicyclic amines) is 1. The summed E-state index contributed by atoms with van der Waals surface area (Å²) in [6.45, 7) is 3.67. The van der Waals surface area contributed by atoms with Crippen molar-refractivity contribution in [3.05, 3.63) is 48.0 Å². The van der Waals surface area contributed by atoms with Gasteiger partial charge in [-0.15, -0.1) is 0 Å². The summed E-state index contributed by atoms with van der Waals surface area (Å²) in [5.74, 6) is -2.74. The van der Waals surface area contributed by atoms with Crippen LogP contribution in [-0.2, 0) is 25.6 Å². The Labute approximate surface area is 196 Å². The average Bonchev–Trinajstić information content (AvgIpc) is 2.76. The van der Waals surface area contributed by atoms with Crippen molar-refractivity contribution < 1.29 is 37.3 Å². The highest BCUT2D eigenvalue weighted by Gasteiger charge is 2.47. The minimum absolute atomic E-state index is 0.0155. The Hall–Kier alpha value is -2.69. The van der Waals surface area contributed by atoms with E-state index in [1.807, 2.05) is 0 Å². The maximum Gasteiger partial charge on any atom is 0.490 e. The van der Waals surface area contributed by atoms with Crippen molar-refractivity contribution in [2.75, 3.05) is 40.4 Å². The fourth-order valence-electron chi connectivity index (χ4n) is 4.22. The van der Waals surface area contributed by atoms with Crippen molar-refractivity contribution in [1.29, 1.82) is 0 Å². The Morgan fingerprint density at radius 2 is 1.82 bits per heavy atom. The second-order valence-electron chi connectivity index (χ2n) is 8.83. The number of amides is 1. The number of aliphatic carboxylic acids is 1. The summed E-state index contributed by atoms with van der Waals surface area (Å²) in [5.41, 5.74) is 1.26. The van der Waals surface area contributed by atoms with Crippen molar-refractivity contribution in [3.8, 4) is 0 Å². The van der Waals surface area contributed by atoms with E-state index in [0.717, 1.165) is 32.5 Å². The van der Waals surface area contributed by atoms with Gasteiger partial charge in [-0.2, -0.15) is 13.2 Å². The monoisotopic (exact) mass is 482 g/mol. The second-order valence-corrected chi connectivity index (χ2v) is 8.83. The van der Waals surface area contributed by atoms with Crippen LogP contribution in [0.1, 0.15) is 18.4 Å². The molecule has 0 bridgehead atoms. The molecule has 0 radical (unpaired) electrons.